The van der Waals surface area contributed by atoms with E-state index in [0.29, 0.717) is 17.7 Å². The maximum atomic E-state index is 11.4. The molecule has 1 rings (SSSR count). The first-order chi connectivity index (χ1) is 7.07. The first-order valence-corrected chi connectivity index (χ1v) is 7.77. The van der Waals surface area contributed by atoms with E-state index in [1.54, 1.807) is 6.92 Å². The smallest absolute Gasteiger partial charge is 0.150 e. The van der Waals surface area contributed by atoms with E-state index in [1.807, 2.05) is 7.05 Å². The van der Waals surface area contributed by atoms with Crippen LogP contribution in [0.3, 0.4) is 0 Å². The molecule has 0 aromatic rings. The largest absolute Gasteiger partial charge is 0.317 e. The summed E-state index contributed by atoms with van der Waals surface area (Å²) in [7, 11) is -0.768. The van der Waals surface area contributed by atoms with Crippen molar-refractivity contribution >= 4 is 9.84 Å². The van der Waals surface area contributed by atoms with Crippen molar-refractivity contribution in [3.63, 3.8) is 0 Å². The fourth-order valence-corrected chi connectivity index (χ4v) is 3.29. The molecule has 0 radical (unpaired) electrons. The first-order valence-electron chi connectivity index (χ1n) is 5.95. The van der Waals surface area contributed by atoms with Gasteiger partial charge in [-0.15, -0.1) is 0 Å². The molecule has 0 spiro atoms. The average Bonchev–Trinajstić information content (AvgIpc) is 2.27. The number of sulfone groups is 1. The molecule has 90 valence electrons. The van der Waals surface area contributed by atoms with Gasteiger partial charge in [0.2, 0.25) is 0 Å². The Hall–Kier alpha value is -0.0900. The summed E-state index contributed by atoms with van der Waals surface area (Å²) in [6, 6.07) is 0.605. The van der Waals surface area contributed by atoms with Gasteiger partial charge in [0.25, 0.3) is 0 Å². The summed E-state index contributed by atoms with van der Waals surface area (Å²) < 4.78 is 22.8. The Labute approximate surface area is 93.6 Å². The number of hydrogen-bond donors (Lipinski definition) is 1. The molecule has 1 aliphatic carbocycles. The van der Waals surface area contributed by atoms with Gasteiger partial charge in [0.15, 0.2) is 0 Å². The van der Waals surface area contributed by atoms with Crippen LogP contribution in [-0.4, -0.2) is 33.0 Å². The highest BCUT2D eigenvalue weighted by molar-refractivity contribution is 7.91. The van der Waals surface area contributed by atoms with E-state index in [1.165, 1.54) is 19.3 Å². The minimum Gasteiger partial charge on any atom is -0.317 e. The van der Waals surface area contributed by atoms with Crippen molar-refractivity contribution in [2.75, 3.05) is 18.6 Å². The second-order valence-corrected chi connectivity index (χ2v) is 7.02. The van der Waals surface area contributed by atoms with Crippen molar-refractivity contribution in [1.82, 2.24) is 5.32 Å². The standard InChI is InChI=1S/C11H23NO2S/c1-3-15(13,14)8-7-10-5-4-6-11(9-10)12-2/h10-12H,3-9H2,1-2H3. The number of rotatable bonds is 5. The highest BCUT2D eigenvalue weighted by Crippen LogP contribution is 2.27. The molecule has 0 aliphatic heterocycles. The average molecular weight is 233 g/mol. The van der Waals surface area contributed by atoms with Gasteiger partial charge in [-0.25, -0.2) is 8.42 Å². The molecule has 1 aliphatic rings. The van der Waals surface area contributed by atoms with Gasteiger partial charge in [-0.05, 0) is 32.2 Å². The lowest BCUT2D eigenvalue weighted by atomic mass is 9.84. The Bertz CT molecular complexity index is 274. The van der Waals surface area contributed by atoms with E-state index in [-0.39, 0.29) is 5.75 Å². The lowest BCUT2D eigenvalue weighted by Gasteiger charge is -2.28. The van der Waals surface area contributed by atoms with Crippen LogP contribution < -0.4 is 5.32 Å². The molecular weight excluding hydrogens is 210 g/mol. The molecule has 2 atom stereocenters. The Kier molecular flexibility index (Phi) is 5.06. The van der Waals surface area contributed by atoms with Crippen LogP contribution in [0.1, 0.15) is 39.0 Å². The third-order valence-corrected chi connectivity index (χ3v) is 5.21. The predicted molar refractivity (Wildman–Crippen MR) is 63.8 cm³/mol. The Morgan fingerprint density at radius 2 is 2.07 bits per heavy atom. The molecule has 0 saturated heterocycles. The molecule has 0 aromatic carbocycles. The number of nitrogens with one attached hydrogen (secondary N) is 1. The summed E-state index contributed by atoms with van der Waals surface area (Å²) in [5, 5.41) is 3.30. The van der Waals surface area contributed by atoms with Gasteiger partial charge < -0.3 is 5.32 Å². The van der Waals surface area contributed by atoms with E-state index < -0.39 is 9.84 Å². The Morgan fingerprint density at radius 1 is 1.33 bits per heavy atom. The van der Waals surface area contributed by atoms with E-state index >= 15 is 0 Å². The lowest BCUT2D eigenvalue weighted by molar-refractivity contribution is 0.290. The van der Waals surface area contributed by atoms with Crippen LogP contribution in [0.2, 0.25) is 0 Å². The molecule has 15 heavy (non-hydrogen) atoms. The SMILES string of the molecule is CCS(=O)(=O)CCC1CCCC(NC)C1. The second kappa shape index (κ2) is 5.85. The Morgan fingerprint density at radius 3 is 2.67 bits per heavy atom. The zero-order valence-corrected chi connectivity index (χ0v) is 10.6. The summed E-state index contributed by atoms with van der Waals surface area (Å²) in [6.07, 6.45) is 5.69. The summed E-state index contributed by atoms with van der Waals surface area (Å²) >= 11 is 0. The molecule has 2 unspecified atom stereocenters. The van der Waals surface area contributed by atoms with Crippen molar-refractivity contribution in [2.45, 2.75) is 45.1 Å². The maximum absolute atomic E-state index is 11.4. The van der Waals surface area contributed by atoms with Gasteiger partial charge >= 0.3 is 0 Å². The highest BCUT2D eigenvalue weighted by atomic mass is 32.2. The summed E-state index contributed by atoms with van der Waals surface area (Å²) in [6.45, 7) is 1.73. The minimum absolute atomic E-state index is 0.287. The minimum atomic E-state index is -2.76. The quantitative estimate of drug-likeness (QED) is 0.784. The topological polar surface area (TPSA) is 46.2 Å². The normalized spacial score (nSPS) is 27.9. The van der Waals surface area contributed by atoms with E-state index in [0.717, 1.165) is 12.8 Å². The third-order valence-electron chi connectivity index (χ3n) is 3.47. The molecule has 0 bridgehead atoms. The van der Waals surface area contributed by atoms with Crippen LogP contribution >= 0.6 is 0 Å². The monoisotopic (exact) mass is 233 g/mol. The van der Waals surface area contributed by atoms with Gasteiger partial charge in [0.05, 0.1) is 5.75 Å². The molecule has 3 nitrogen and oxygen atoms in total. The molecule has 1 saturated carbocycles. The lowest BCUT2D eigenvalue weighted by Crippen LogP contribution is -2.32. The van der Waals surface area contributed by atoms with Gasteiger partial charge in [0, 0.05) is 11.8 Å². The van der Waals surface area contributed by atoms with Crippen molar-refractivity contribution < 1.29 is 8.42 Å². The third kappa shape index (κ3) is 4.51. The van der Waals surface area contributed by atoms with Crippen LogP contribution in [-0.2, 0) is 9.84 Å². The van der Waals surface area contributed by atoms with Crippen molar-refractivity contribution in [2.24, 2.45) is 5.92 Å². The van der Waals surface area contributed by atoms with Crippen LogP contribution in [0.25, 0.3) is 0 Å². The van der Waals surface area contributed by atoms with Gasteiger partial charge in [-0.3, -0.25) is 0 Å². The summed E-state index contributed by atoms with van der Waals surface area (Å²) in [5.41, 5.74) is 0. The van der Waals surface area contributed by atoms with E-state index in [2.05, 4.69) is 5.32 Å². The van der Waals surface area contributed by atoms with Crippen LogP contribution in [0, 0.1) is 5.92 Å². The molecule has 0 heterocycles. The summed E-state index contributed by atoms with van der Waals surface area (Å²) in [4.78, 5) is 0. The van der Waals surface area contributed by atoms with Crippen LogP contribution in [0.4, 0.5) is 0 Å². The zero-order chi connectivity index (χ0) is 11.3. The fourth-order valence-electron chi connectivity index (χ4n) is 2.31. The van der Waals surface area contributed by atoms with Gasteiger partial charge in [-0.1, -0.05) is 19.8 Å². The number of hydrogen-bond acceptors (Lipinski definition) is 3. The predicted octanol–water partition coefficient (Wildman–Crippen LogP) is 1.59. The maximum Gasteiger partial charge on any atom is 0.150 e. The van der Waals surface area contributed by atoms with Crippen LogP contribution in [0.15, 0.2) is 0 Å². The van der Waals surface area contributed by atoms with E-state index in [9.17, 15) is 8.42 Å². The van der Waals surface area contributed by atoms with E-state index in [4.69, 9.17) is 0 Å². The molecular formula is C11H23NO2S. The van der Waals surface area contributed by atoms with Crippen molar-refractivity contribution in [1.29, 1.82) is 0 Å². The van der Waals surface area contributed by atoms with Gasteiger partial charge in [0.1, 0.15) is 9.84 Å². The summed E-state index contributed by atoms with van der Waals surface area (Å²) in [5.74, 6) is 1.28. The molecule has 0 amide bonds. The molecule has 4 heteroatoms. The van der Waals surface area contributed by atoms with Crippen molar-refractivity contribution in [3.05, 3.63) is 0 Å². The zero-order valence-electron chi connectivity index (χ0n) is 9.83. The van der Waals surface area contributed by atoms with Crippen LogP contribution in [0.5, 0.6) is 0 Å². The molecule has 1 N–H and O–H groups in total. The first kappa shape index (κ1) is 13.0. The van der Waals surface area contributed by atoms with Crippen molar-refractivity contribution in [3.8, 4) is 0 Å². The van der Waals surface area contributed by atoms with Gasteiger partial charge in [-0.2, -0.15) is 0 Å². The Balaban J connectivity index is 2.33. The second-order valence-electron chi connectivity index (χ2n) is 4.54. The fraction of sp³-hybridized carbons (Fsp3) is 1.00. The molecule has 0 aromatic heterocycles. The molecule has 1 fully saturated rings. The highest BCUT2D eigenvalue weighted by Gasteiger charge is 2.22.